The summed E-state index contributed by atoms with van der Waals surface area (Å²) < 4.78 is 0. The summed E-state index contributed by atoms with van der Waals surface area (Å²) in [5, 5.41) is 10.7. The van der Waals surface area contributed by atoms with Gasteiger partial charge < -0.3 is 5.11 Å². The highest BCUT2D eigenvalue weighted by Gasteiger charge is 2.28. The van der Waals surface area contributed by atoms with Gasteiger partial charge in [0.1, 0.15) is 0 Å². The highest BCUT2D eigenvalue weighted by molar-refractivity contribution is 8.00. The van der Waals surface area contributed by atoms with Crippen molar-refractivity contribution in [2.75, 3.05) is 0 Å². The van der Waals surface area contributed by atoms with Crippen molar-refractivity contribution in [2.24, 2.45) is 0 Å². The van der Waals surface area contributed by atoms with Gasteiger partial charge in [-0.15, -0.1) is 11.8 Å². The summed E-state index contributed by atoms with van der Waals surface area (Å²) in [5.41, 5.74) is 2.41. The summed E-state index contributed by atoms with van der Waals surface area (Å²) in [6.07, 6.45) is 1.76. The molecule has 0 unspecified atom stereocenters. The number of rotatable bonds is 2. The first-order valence-electron chi connectivity index (χ1n) is 6.32. The van der Waals surface area contributed by atoms with E-state index in [4.69, 9.17) is 0 Å². The molecule has 2 aromatic rings. The van der Waals surface area contributed by atoms with Crippen LogP contribution < -0.4 is 0 Å². The fraction of sp³-hybridized carbons (Fsp3) is 0.250. The molecule has 1 nitrogen and oxygen atoms in total. The SMILES string of the molecule is O[C@@H]1c2ccccc2CC[C@@H]1Sc1ccccc1. The zero-order valence-electron chi connectivity index (χ0n) is 10.1. The molecule has 0 bridgehead atoms. The molecule has 0 fully saturated rings. The summed E-state index contributed by atoms with van der Waals surface area (Å²) in [7, 11) is 0. The van der Waals surface area contributed by atoms with Gasteiger partial charge >= 0.3 is 0 Å². The molecule has 2 aromatic carbocycles. The number of aliphatic hydroxyl groups is 1. The van der Waals surface area contributed by atoms with Crippen LogP contribution in [0.4, 0.5) is 0 Å². The van der Waals surface area contributed by atoms with Crippen LogP contribution in [0, 0.1) is 0 Å². The molecule has 0 heterocycles. The highest BCUT2D eigenvalue weighted by Crippen LogP contribution is 2.39. The number of aliphatic hydroxyl groups excluding tert-OH is 1. The first kappa shape index (κ1) is 11.8. The largest absolute Gasteiger partial charge is 0.387 e. The lowest BCUT2D eigenvalue weighted by atomic mass is 9.89. The molecule has 1 N–H and O–H groups in total. The third-order valence-electron chi connectivity index (χ3n) is 3.45. The van der Waals surface area contributed by atoms with Gasteiger partial charge in [-0.1, -0.05) is 42.5 Å². The monoisotopic (exact) mass is 256 g/mol. The van der Waals surface area contributed by atoms with E-state index in [9.17, 15) is 5.11 Å². The van der Waals surface area contributed by atoms with Crippen molar-refractivity contribution in [3.05, 3.63) is 65.7 Å². The normalized spacial score (nSPS) is 22.5. The molecule has 92 valence electrons. The minimum absolute atomic E-state index is 0.266. The summed E-state index contributed by atoms with van der Waals surface area (Å²) in [5.74, 6) is 0. The molecule has 0 saturated heterocycles. The maximum absolute atomic E-state index is 10.5. The maximum atomic E-state index is 10.5. The molecule has 2 heteroatoms. The third-order valence-corrected chi connectivity index (χ3v) is 4.80. The van der Waals surface area contributed by atoms with Crippen LogP contribution in [0.5, 0.6) is 0 Å². The van der Waals surface area contributed by atoms with Crippen LogP contribution in [0.25, 0.3) is 0 Å². The predicted octanol–water partition coefficient (Wildman–Crippen LogP) is 3.83. The predicted molar refractivity (Wildman–Crippen MR) is 75.8 cm³/mol. The van der Waals surface area contributed by atoms with Crippen LogP contribution in [-0.4, -0.2) is 10.4 Å². The van der Waals surface area contributed by atoms with Gasteiger partial charge in [0.05, 0.1) is 6.10 Å². The number of hydrogen-bond donors (Lipinski definition) is 1. The quantitative estimate of drug-likeness (QED) is 0.881. The first-order valence-corrected chi connectivity index (χ1v) is 7.20. The van der Waals surface area contributed by atoms with Crippen molar-refractivity contribution in [3.63, 3.8) is 0 Å². The van der Waals surface area contributed by atoms with Crippen LogP contribution in [-0.2, 0) is 6.42 Å². The molecular weight excluding hydrogens is 240 g/mol. The van der Waals surface area contributed by atoms with E-state index < -0.39 is 0 Å². The van der Waals surface area contributed by atoms with Crippen molar-refractivity contribution < 1.29 is 5.11 Å². The van der Waals surface area contributed by atoms with E-state index in [0.717, 1.165) is 18.4 Å². The second-order valence-electron chi connectivity index (χ2n) is 4.65. The lowest BCUT2D eigenvalue weighted by molar-refractivity contribution is 0.163. The molecule has 0 radical (unpaired) electrons. The van der Waals surface area contributed by atoms with Gasteiger partial charge in [0.25, 0.3) is 0 Å². The fourth-order valence-electron chi connectivity index (χ4n) is 2.50. The van der Waals surface area contributed by atoms with E-state index >= 15 is 0 Å². The molecule has 3 rings (SSSR count). The van der Waals surface area contributed by atoms with Gasteiger partial charge in [-0.3, -0.25) is 0 Å². The number of thioether (sulfide) groups is 1. The Morgan fingerprint density at radius 3 is 2.50 bits per heavy atom. The van der Waals surface area contributed by atoms with E-state index in [2.05, 4.69) is 30.3 Å². The number of benzene rings is 2. The lowest BCUT2D eigenvalue weighted by Crippen LogP contribution is -2.22. The molecule has 0 amide bonds. The molecule has 0 saturated carbocycles. The van der Waals surface area contributed by atoms with Crippen molar-refractivity contribution in [3.8, 4) is 0 Å². The average molecular weight is 256 g/mol. The molecule has 0 aliphatic heterocycles. The average Bonchev–Trinajstić information content (AvgIpc) is 2.43. The second kappa shape index (κ2) is 5.17. The van der Waals surface area contributed by atoms with Crippen LogP contribution in [0.15, 0.2) is 59.5 Å². The van der Waals surface area contributed by atoms with Crippen LogP contribution in [0.2, 0.25) is 0 Å². The minimum Gasteiger partial charge on any atom is -0.387 e. The number of fused-ring (bicyclic) bond motifs is 1. The minimum atomic E-state index is -0.347. The Balaban J connectivity index is 1.81. The molecule has 2 atom stereocenters. The zero-order chi connectivity index (χ0) is 12.4. The summed E-state index contributed by atoms with van der Waals surface area (Å²) in [6, 6.07) is 18.6. The summed E-state index contributed by atoms with van der Waals surface area (Å²) >= 11 is 1.79. The molecule has 1 aliphatic rings. The number of aryl methyl sites for hydroxylation is 1. The fourth-order valence-corrected chi connectivity index (χ4v) is 3.68. The Morgan fingerprint density at radius 2 is 1.67 bits per heavy atom. The third kappa shape index (κ3) is 2.31. The Bertz CT molecular complexity index is 524. The van der Waals surface area contributed by atoms with Crippen molar-refractivity contribution in [2.45, 2.75) is 29.1 Å². The first-order chi connectivity index (χ1) is 8.84. The van der Waals surface area contributed by atoms with E-state index in [0.29, 0.717) is 0 Å². The zero-order valence-corrected chi connectivity index (χ0v) is 10.9. The van der Waals surface area contributed by atoms with Crippen LogP contribution in [0.1, 0.15) is 23.7 Å². The van der Waals surface area contributed by atoms with Crippen LogP contribution >= 0.6 is 11.8 Å². The molecular formula is C16H16OS. The molecule has 0 spiro atoms. The molecule has 0 aromatic heterocycles. The number of hydrogen-bond acceptors (Lipinski definition) is 2. The highest BCUT2D eigenvalue weighted by atomic mass is 32.2. The summed E-state index contributed by atoms with van der Waals surface area (Å²) in [4.78, 5) is 1.24. The lowest BCUT2D eigenvalue weighted by Gasteiger charge is -2.29. The Morgan fingerprint density at radius 1 is 0.944 bits per heavy atom. The Kier molecular flexibility index (Phi) is 3.39. The molecule has 18 heavy (non-hydrogen) atoms. The van der Waals surface area contributed by atoms with Gasteiger partial charge in [-0.05, 0) is 36.1 Å². The van der Waals surface area contributed by atoms with Crippen molar-refractivity contribution >= 4 is 11.8 Å². The van der Waals surface area contributed by atoms with Gasteiger partial charge in [-0.25, -0.2) is 0 Å². The van der Waals surface area contributed by atoms with Gasteiger partial charge in [0.2, 0.25) is 0 Å². The van der Waals surface area contributed by atoms with Gasteiger partial charge in [0.15, 0.2) is 0 Å². The Hall–Kier alpha value is -1.25. The smallest absolute Gasteiger partial charge is 0.0914 e. The summed E-state index contributed by atoms with van der Waals surface area (Å²) in [6.45, 7) is 0. The standard InChI is InChI=1S/C16H16OS/c17-16-14-9-5-4-6-12(14)10-11-15(16)18-13-7-2-1-3-8-13/h1-9,15-17H,10-11H2/t15-,16+/m0/s1. The molecule has 1 aliphatic carbocycles. The van der Waals surface area contributed by atoms with E-state index in [1.165, 1.54) is 10.5 Å². The van der Waals surface area contributed by atoms with E-state index in [1.54, 1.807) is 11.8 Å². The van der Waals surface area contributed by atoms with E-state index in [1.807, 2.05) is 24.3 Å². The van der Waals surface area contributed by atoms with Crippen LogP contribution in [0.3, 0.4) is 0 Å². The Labute approximate surface area is 112 Å². The van der Waals surface area contributed by atoms with Gasteiger partial charge in [-0.2, -0.15) is 0 Å². The van der Waals surface area contributed by atoms with Crippen molar-refractivity contribution in [1.82, 2.24) is 0 Å². The maximum Gasteiger partial charge on any atom is 0.0914 e. The second-order valence-corrected chi connectivity index (χ2v) is 5.96. The van der Waals surface area contributed by atoms with Crippen molar-refractivity contribution in [1.29, 1.82) is 0 Å². The van der Waals surface area contributed by atoms with E-state index in [-0.39, 0.29) is 11.4 Å². The van der Waals surface area contributed by atoms with Gasteiger partial charge in [0, 0.05) is 10.1 Å². The topological polar surface area (TPSA) is 20.2 Å².